The molecule has 0 saturated carbocycles. The van der Waals surface area contributed by atoms with E-state index in [1.165, 1.54) is 56.3 Å². The molecular formula is C42H52N14O9. The summed E-state index contributed by atoms with van der Waals surface area (Å²) in [5.74, 6) is -3.30. The molecule has 0 bridgehead atoms. The van der Waals surface area contributed by atoms with Crippen LogP contribution in [0.2, 0.25) is 0 Å². The number of hydrogen-bond acceptors (Lipinski definition) is 11. The maximum atomic E-state index is 13.7. The predicted molar refractivity (Wildman–Crippen MR) is 240 cm³/mol. The van der Waals surface area contributed by atoms with Crippen LogP contribution in [0.1, 0.15) is 66.8 Å². The van der Waals surface area contributed by atoms with Gasteiger partial charge in [0.05, 0.1) is 40.8 Å². The topological polar surface area (TPSA) is 319 Å². The first-order chi connectivity index (χ1) is 31.0. The lowest BCUT2D eigenvalue weighted by Gasteiger charge is -2.19. The van der Waals surface area contributed by atoms with Gasteiger partial charge >= 0.3 is 0 Å². The van der Waals surface area contributed by atoms with Crippen LogP contribution >= 0.6 is 0 Å². The number of hydrogen-bond donors (Lipinski definition) is 9. The van der Waals surface area contributed by atoms with Gasteiger partial charge < -0.3 is 67.0 Å². The molecule has 1 unspecified atom stereocenters. The van der Waals surface area contributed by atoms with Crippen molar-refractivity contribution < 1.29 is 38.5 Å². The van der Waals surface area contributed by atoms with E-state index < -0.39 is 52.3 Å². The second kappa shape index (κ2) is 21.8. The Hall–Kier alpha value is -8.05. The number of carbonyl (C=O) groups excluding carboxylic acids is 7. The second-order valence-corrected chi connectivity index (χ2v) is 15.1. The Bertz CT molecular complexity index is 2580. The van der Waals surface area contributed by atoms with E-state index in [4.69, 9.17) is 11.5 Å². The summed E-state index contributed by atoms with van der Waals surface area (Å²) in [6, 6.07) is 10.9. The summed E-state index contributed by atoms with van der Waals surface area (Å²) < 4.78 is 6.10. The maximum absolute atomic E-state index is 13.7. The van der Waals surface area contributed by atoms with Gasteiger partial charge in [0.2, 0.25) is 17.7 Å². The highest BCUT2D eigenvalue weighted by molar-refractivity contribution is 6.07. The number of aromatic nitrogens is 4. The standard InChI is InChI=1S/C42H52N14O9/c1-52-23-28(49-40(61)33-15-26(21-53(33)2)47-36(57)19-43)17-32(52)39(60)45-13-6-5-7-31(38(59)46-14-12-25-8-10-30(11-9-25)56(64)65)51-42(63)35-18-29(24-55(35)4)50-41(62)34-16-27(22-54(34)3)48-37(58)20-44/h8-11,15-18,21-24,31H,5-7,12-14,19-20,43-44H2,1-4H3,(H,45,60)(H,46,59)(H,47,57)(H,48,58)(H,49,61)(H,50,62)(H,51,63). The summed E-state index contributed by atoms with van der Waals surface area (Å²) in [6.45, 7) is -0.0442. The maximum Gasteiger partial charge on any atom is 0.272 e. The molecule has 5 aromatic rings. The highest BCUT2D eigenvalue weighted by Gasteiger charge is 2.24. The van der Waals surface area contributed by atoms with E-state index >= 15 is 0 Å². The van der Waals surface area contributed by atoms with Crippen molar-refractivity contribution >= 4 is 69.8 Å². The van der Waals surface area contributed by atoms with Crippen LogP contribution in [0, 0.1) is 10.1 Å². The first-order valence-electron chi connectivity index (χ1n) is 20.3. The van der Waals surface area contributed by atoms with Gasteiger partial charge in [0.25, 0.3) is 29.3 Å². The van der Waals surface area contributed by atoms with Crippen LogP contribution in [-0.4, -0.2) is 96.8 Å². The third kappa shape index (κ3) is 13.0. The minimum absolute atomic E-state index is 0.0596. The van der Waals surface area contributed by atoms with Crippen LogP contribution in [0.3, 0.4) is 0 Å². The Balaban J connectivity index is 1.18. The molecule has 0 radical (unpaired) electrons. The summed E-state index contributed by atoms with van der Waals surface area (Å²) in [4.78, 5) is 100. The number of carbonyl (C=O) groups is 7. The molecule has 23 heteroatoms. The Morgan fingerprint density at radius 2 is 1.02 bits per heavy atom. The van der Waals surface area contributed by atoms with Gasteiger partial charge in [0, 0.05) is 78.2 Å². The van der Waals surface area contributed by atoms with Crippen molar-refractivity contribution in [3.63, 3.8) is 0 Å². The van der Waals surface area contributed by atoms with Gasteiger partial charge in [0.1, 0.15) is 28.8 Å². The number of nitrogens with two attached hydrogens (primary N) is 2. The molecule has 4 heterocycles. The van der Waals surface area contributed by atoms with Crippen molar-refractivity contribution in [2.24, 2.45) is 39.7 Å². The highest BCUT2D eigenvalue weighted by Crippen LogP contribution is 2.20. The molecule has 0 saturated heterocycles. The van der Waals surface area contributed by atoms with Gasteiger partial charge in [-0.05, 0) is 55.5 Å². The van der Waals surface area contributed by atoms with E-state index in [0.717, 1.165) is 5.56 Å². The number of unbranched alkanes of at least 4 members (excludes halogenated alkanes) is 1. The van der Waals surface area contributed by atoms with Crippen molar-refractivity contribution in [1.29, 1.82) is 0 Å². The van der Waals surface area contributed by atoms with Gasteiger partial charge in [-0.25, -0.2) is 0 Å². The number of nitro groups is 1. The van der Waals surface area contributed by atoms with Crippen molar-refractivity contribution in [3.8, 4) is 0 Å². The molecule has 7 amide bonds. The molecular weight excluding hydrogens is 845 g/mol. The average Bonchev–Trinajstić information content (AvgIpc) is 4.04. The van der Waals surface area contributed by atoms with Crippen LogP contribution < -0.4 is 48.7 Å². The molecule has 11 N–H and O–H groups in total. The summed E-state index contributed by atoms with van der Waals surface area (Å²) in [6.07, 6.45) is 7.62. The van der Waals surface area contributed by atoms with Crippen LogP contribution in [0.25, 0.3) is 0 Å². The first-order valence-corrected chi connectivity index (χ1v) is 20.3. The number of aryl methyl sites for hydroxylation is 4. The number of nitrogens with zero attached hydrogens (tertiary/aromatic N) is 5. The van der Waals surface area contributed by atoms with E-state index in [0.29, 0.717) is 42.0 Å². The van der Waals surface area contributed by atoms with Crippen LogP contribution in [-0.2, 0) is 49.0 Å². The highest BCUT2D eigenvalue weighted by atomic mass is 16.6. The van der Waals surface area contributed by atoms with Gasteiger partial charge in [0.15, 0.2) is 0 Å². The largest absolute Gasteiger partial charge is 0.354 e. The minimum Gasteiger partial charge on any atom is -0.354 e. The van der Waals surface area contributed by atoms with Crippen molar-refractivity contribution in [2.45, 2.75) is 31.7 Å². The van der Waals surface area contributed by atoms with Crippen LogP contribution in [0.5, 0.6) is 0 Å². The lowest BCUT2D eigenvalue weighted by molar-refractivity contribution is -0.384. The van der Waals surface area contributed by atoms with E-state index in [9.17, 15) is 43.7 Å². The fourth-order valence-corrected chi connectivity index (χ4v) is 6.75. The van der Waals surface area contributed by atoms with Crippen molar-refractivity contribution in [1.82, 2.24) is 34.2 Å². The zero-order valence-electron chi connectivity index (χ0n) is 36.2. The molecule has 0 aliphatic heterocycles. The summed E-state index contributed by atoms with van der Waals surface area (Å²) in [7, 11) is 6.52. The molecule has 344 valence electrons. The third-order valence-electron chi connectivity index (χ3n) is 10.1. The first kappa shape index (κ1) is 48.0. The number of non-ortho nitro benzene ring substituents is 1. The van der Waals surface area contributed by atoms with Gasteiger partial charge in [-0.2, -0.15) is 0 Å². The molecule has 0 aliphatic rings. The molecule has 5 rings (SSSR count). The monoisotopic (exact) mass is 896 g/mol. The summed E-state index contributed by atoms with van der Waals surface area (Å²) >= 11 is 0. The zero-order valence-corrected chi connectivity index (χ0v) is 36.2. The Morgan fingerprint density at radius 3 is 1.46 bits per heavy atom. The Labute approximate surface area is 372 Å². The Kier molecular flexibility index (Phi) is 16.1. The van der Waals surface area contributed by atoms with Crippen LogP contribution in [0.15, 0.2) is 73.3 Å². The molecule has 0 fully saturated rings. The molecule has 1 aromatic carbocycles. The number of rotatable bonds is 21. The molecule has 0 spiro atoms. The molecule has 0 aliphatic carbocycles. The summed E-state index contributed by atoms with van der Waals surface area (Å²) in [5.41, 5.74) is 13.8. The van der Waals surface area contributed by atoms with E-state index in [1.54, 1.807) is 63.5 Å². The van der Waals surface area contributed by atoms with Crippen molar-refractivity contribution in [3.05, 3.63) is 112 Å². The number of nitrogens with one attached hydrogen (secondary N) is 7. The second-order valence-electron chi connectivity index (χ2n) is 15.1. The summed E-state index contributed by atoms with van der Waals surface area (Å²) in [5, 5.41) is 30.2. The fraction of sp³-hybridized carbons (Fsp3) is 0.310. The number of anilines is 4. The van der Waals surface area contributed by atoms with Gasteiger partial charge in [-0.15, -0.1) is 0 Å². The van der Waals surface area contributed by atoms with Crippen molar-refractivity contribution in [2.75, 3.05) is 47.4 Å². The van der Waals surface area contributed by atoms with E-state index in [2.05, 4.69) is 37.2 Å². The predicted octanol–water partition coefficient (Wildman–Crippen LogP) is 1.31. The lowest BCUT2D eigenvalue weighted by Crippen LogP contribution is -2.47. The third-order valence-corrected chi connectivity index (χ3v) is 10.1. The normalized spacial score (nSPS) is 11.3. The number of benzene rings is 1. The molecule has 1 atom stereocenters. The van der Waals surface area contributed by atoms with E-state index in [-0.39, 0.29) is 61.1 Å². The minimum atomic E-state index is -1.01. The molecule has 65 heavy (non-hydrogen) atoms. The quantitative estimate of drug-likeness (QED) is 0.0287. The fourth-order valence-electron chi connectivity index (χ4n) is 6.75. The average molecular weight is 897 g/mol. The SMILES string of the molecule is Cn1cc(NC(=O)c2cc(NC(=O)CN)cn2C)cc1C(=O)NCCCCC(NC(=O)c1cc(NC(=O)c2cc(NC(=O)CN)cn2C)cn1C)C(=O)NCCc1ccc([N+](=O)[O-])cc1. The smallest absolute Gasteiger partial charge is 0.272 e. The number of nitro benzene ring substituents is 1. The van der Waals surface area contributed by atoms with Gasteiger partial charge in [-0.3, -0.25) is 43.7 Å². The van der Waals surface area contributed by atoms with Gasteiger partial charge in [-0.1, -0.05) is 12.1 Å². The number of amides is 7. The zero-order chi connectivity index (χ0) is 47.4. The van der Waals surface area contributed by atoms with E-state index in [1.807, 2.05) is 0 Å². The lowest BCUT2D eigenvalue weighted by atomic mass is 10.1. The Morgan fingerprint density at radius 1 is 0.585 bits per heavy atom. The van der Waals surface area contributed by atoms with Crippen LogP contribution in [0.4, 0.5) is 28.4 Å². The molecule has 23 nitrogen and oxygen atoms in total. The molecule has 4 aromatic heterocycles.